The molecule has 2 aromatic carbocycles. The van der Waals surface area contributed by atoms with E-state index in [2.05, 4.69) is 27.1 Å². The maximum Gasteiger partial charge on any atom is 0.338 e. The van der Waals surface area contributed by atoms with Crippen molar-refractivity contribution < 1.29 is 23.8 Å². The molecule has 0 fully saturated rings. The van der Waals surface area contributed by atoms with E-state index in [9.17, 15) is 9.59 Å². The fourth-order valence-electron chi connectivity index (χ4n) is 3.55. The molecule has 198 valence electrons. The largest absolute Gasteiger partial charge is 0.483 e. The van der Waals surface area contributed by atoms with E-state index >= 15 is 0 Å². The van der Waals surface area contributed by atoms with E-state index < -0.39 is 17.9 Å². The van der Waals surface area contributed by atoms with E-state index in [0.717, 1.165) is 0 Å². The highest BCUT2D eigenvalue weighted by Gasteiger charge is 2.32. The number of allylic oxidation sites excluding steroid dienone is 1. The standard InChI is InChI=1S/C26H24Cl2N4O5S/c1-4-10-36-24-16(11-17(27)12-19(24)28)13-29-32-21(33)14-37-20-9-7-6-8-18(20)23-22(25(34)35-5-2)15(3)30-26(38)31-23/h1,6-9,11-13,23H,5,10,14H2,2-3H3,(H,32,33)(H2,30,31,38)/t23-/m1/s1. The van der Waals surface area contributed by atoms with E-state index in [1.54, 1.807) is 44.2 Å². The van der Waals surface area contributed by atoms with Crippen LogP contribution < -0.4 is 25.5 Å². The maximum atomic E-state index is 12.7. The second-order valence-corrected chi connectivity index (χ2v) is 8.96. The van der Waals surface area contributed by atoms with Crippen molar-refractivity contribution in [1.29, 1.82) is 0 Å². The Balaban J connectivity index is 1.73. The molecule has 38 heavy (non-hydrogen) atoms. The number of halogens is 2. The summed E-state index contributed by atoms with van der Waals surface area (Å²) < 4.78 is 16.5. The summed E-state index contributed by atoms with van der Waals surface area (Å²) in [5.41, 5.74) is 4.31. The smallest absolute Gasteiger partial charge is 0.338 e. The number of hydrazone groups is 1. The number of rotatable bonds is 10. The fourth-order valence-corrected chi connectivity index (χ4v) is 4.38. The zero-order valence-corrected chi connectivity index (χ0v) is 22.8. The van der Waals surface area contributed by atoms with Crippen LogP contribution in [0.1, 0.15) is 31.0 Å². The molecule has 9 nitrogen and oxygen atoms in total. The van der Waals surface area contributed by atoms with Gasteiger partial charge in [-0.05, 0) is 44.3 Å². The Bertz CT molecular complexity index is 1340. The van der Waals surface area contributed by atoms with Crippen molar-refractivity contribution in [2.45, 2.75) is 19.9 Å². The summed E-state index contributed by atoms with van der Waals surface area (Å²) in [4.78, 5) is 25.1. The molecule has 0 aromatic heterocycles. The normalized spacial score (nSPS) is 14.8. The van der Waals surface area contributed by atoms with E-state index in [1.165, 1.54) is 12.3 Å². The average Bonchev–Trinajstić information content (AvgIpc) is 2.86. The van der Waals surface area contributed by atoms with Crippen molar-refractivity contribution in [2.75, 3.05) is 19.8 Å². The van der Waals surface area contributed by atoms with Crippen LogP contribution in [-0.2, 0) is 14.3 Å². The van der Waals surface area contributed by atoms with Crippen molar-refractivity contribution in [2.24, 2.45) is 5.10 Å². The van der Waals surface area contributed by atoms with Gasteiger partial charge in [-0.2, -0.15) is 5.10 Å². The number of nitrogens with zero attached hydrogens (tertiary/aromatic N) is 1. The zero-order chi connectivity index (χ0) is 27.7. The number of benzene rings is 2. The van der Waals surface area contributed by atoms with E-state index in [1.807, 2.05) is 0 Å². The lowest BCUT2D eigenvalue weighted by atomic mass is 9.95. The number of esters is 1. The van der Waals surface area contributed by atoms with Crippen LogP contribution in [0.5, 0.6) is 11.5 Å². The molecule has 0 unspecified atom stereocenters. The maximum absolute atomic E-state index is 12.7. The third-order valence-electron chi connectivity index (χ3n) is 5.08. The lowest BCUT2D eigenvalue weighted by molar-refractivity contribution is -0.139. The van der Waals surface area contributed by atoms with Gasteiger partial charge in [0.2, 0.25) is 0 Å². The molecule has 2 aromatic rings. The van der Waals surface area contributed by atoms with Crippen LogP contribution in [0.2, 0.25) is 10.0 Å². The first kappa shape index (κ1) is 28.8. The number of hydrogen-bond donors (Lipinski definition) is 3. The number of amides is 1. The summed E-state index contributed by atoms with van der Waals surface area (Å²) in [6.07, 6.45) is 6.58. The summed E-state index contributed by atoms with van der Waals surface area (Å²) in [6, 6.07) is 9.40. The zero-order valence-electron chi connectivity index (χ0n) is 20.5. The summed E-state index contributed by atoms with van der Waals surface area (Å²) in [5.74, 6) is 1.97. The molecule has 3 rings (SSSR count). The van der Waals surface area contributed by atoms with Crippen molar-refractivity contribution in [1.82, 2.24) is 16.1 Å². The molecule has 1 atom stereocenters. The highest BCUT2D eigenvalue weighted by molar-refractivity contribution is 7.80. The molecule has 0 saturated carbocycles. The summed E-state index contributed by atoms with van der Waals surface area (Å²) in [5, 5.41) is 10.9. The Morgan fingerprint density at radius 2 is 2.03 bits per heavy atom. The predicted molar refractivity (Wildman–Crippen MR) is 149 cm³/mol. The molecular weight excluding hydrogens is 551 g/mol. The predicted octanol–water partition coefficient (Wildman–Crippen LogP) is 3.89. The molecule has 1 amide bonds. The Morgan fingerprint density at radius 1 is 1.26 bits per heavy atom. The van der Waals surface area contributed by atoms with Gasteiger partial charge in [-0.3, -0.25) is 4.79 Å². The fraction of sp³-hybridized carbons (Fsp3) is 0.231. The van der Waals surface area contributed by atoms with Gasteiger partial charge in [0.05, 0.1) is 29.5 Å². The molecule has 0 radical (unpaired) electrons. The average molecular weight is 575 g/mol. The Labute approximate surface area is 235 Å². The third kappa shape index (κ3) is 7.38. The van der Waals surface area contributed by atoms with Crippen molar-refractivity contribution >= 4 is 58.6 Å². The van der Waals surface area contributed by atoms with Crippen LogP contribution in [0.3, 0.4) is 0 Å². The number of ether oxygens (including phenoxy) is 3. The molecule has 0 spiro atoms. The number of nitrogens with one attached hydrogen (secondary N) is 3. The molecule has 0 aliphatic carbocycles. The van der Waals surface area contributed by atoms with Crippen LogP contribution in [0.25, 0.3) is 0 Å². The van der Waals surface area contributed by atoms with Crippen LogP contribution in [0, 0.1) is 12.3 Å². The second-order valence-electron chi connectivity index (χ2n) is 7.71. The minimum absolute atomic E-state index is 0.00890. The first-order chi connectivity index (χ1) is 18.2. The van der Waals surface area contributed by atoms with Gasteiger partial charge < -0.3 is 24.8 Å². The Kier molecular flexibility index (Phi) is 10.4. The minimum Gasteiger partial charge on any atom is -0.483 e. The lowest BCUT2D eigenvalue weighted by Crippen LogP contribution is -2.45. The van der Waals surface area contributed by atoms with Gasteiger partial charge in [0.1, 0.15) is 18.1 Å². The van der Waals surface area contributed by atoms with E-state index in [4.69, 9.17) is 56.1 Å². The summed E-state index contributed by atoms with van der Waals surface area (Å²) in [6.45, 7) is 3.30. The topological polar surface area (TPSA) is 110 Å². The molecule has 0 saturated heterocycles. The van der Waals surface area contributed by atoms with Gasteiger partial charge in [0.25, 0.3) is 5.91 Å². The van der Waals surface area contributed by atoms with Gasteiger partial charge >= 0.3 is 5.97 Å². The Morgan fingerprint density at radius 3 is 2.76 bits per heavy atom. The lowest BCUT2D eigenvalue weighted by Gasteiger charge is -2.30. The van der Waals surface area contributed by atoms with Crippen LogP contribution >= 0.6 is 35.4 Å². The van der Waals surface area contributed by atoms with Gasteiger partial charge in [-0.15, -0.1) is 6.42 Å². The number of carbonyl (C=O) groups is 2. The number of para-hydroxylation sites is 1. The third-order valence-corrected chi connectivity index (χ3v) is 5.80. The van der Waals surface area contributed by atoms with Gasteiger partial charge in [-0.1, -0.05) is 47.3 Å². The molecule has 12 heteroatoms. The molecule has 1 aliphatic rings. The van der Waals surface area contributed by atoms with Crippen LogP contribution in [0.4, 0.5) is 0 Å². The number of carbonyl (C=O) groups excluding carboxylic acids is 2. The number of thiocarbonyl (C=S) groups is 1. The second kappa shape index (κ2) is 13.7. The van der Waals surface area contributed by atoms with Crippen molar-refractivity contribution in [3.8, 4) is 23.8 Å². The Hall–Kier alpha value is -3.78. The van der Waals surface area contributed by atoms with E-state index in [0.29, 0.717) is 38.3 Å². The number of terminal acetylenes is 1. The highest BCUT2D eigenvalue weighted by atomic mass is 35.5. The SMILES string of the molecule is C#CCOc1c(Cl)cc(Cl)cc1C=NNC(=O)COc1ccccc1[C@H]1NC(=S)NC(C)=C1C(=O)OCC. The minimum atomic E-state index is -0.644. The molecule has 0 bridgehead atoms. The monoisotopic (exact) mass is 574 g/mol. The van der Waals surface area contributed by atoms with E-state index in [-0.39, 0.29) is 30.6 Å². The van der Waals surface area contributed by atoms with Crippen molar-refractivity contribution in [3.63, 3.8) is 0 Å². The van der Waals surface area contributed by atoms with Crippen molar-refractivity contribution in [3.05, 3.63) is 68.8 Å². The molecule has 1 heterocycles. The van der Waals surface area contributed by atoms with Gasteiger partial charge in [0, 0.05) is 21.8 Å². The van der Waals surface area contributed by atoms with Gasteiger partial charge in [0.15, 0.2) is 11.7 Å². The summed E-state index contributed by atoms with van der Waals surface area (Å²) >= 11 is 17.5. The van der Waals surface area contributed by atoms with Gasteiger partial charge in [-0.25, -0.2) is 10.2 Å². The quantitative estimate of drug-likeness (QED) is 0.129. The van der Waals surface area contributed by atoms with Crippen LogP contribution in [-0.4, -0.2) is 43.0 Å². The highest BCUT2D eigenvalue weighted by Crippen LogP contribution is 2.34. The first-order valence-corrected chi connectivity index (χ1v) is 12.5. The van der Waals surface area contributed by atoms with Crippen LogP contribution in [0.15, 0.2) is 52.8 Å². The molecule has 3 N–H and O–H groups in total. The molecule has 1 aliphatic heterocycles. The number of hydrogen-bond acceptors (Lipinski definition) is 7. The first-order valence-electron chi connectivity index (χ1n) is 11.3. The molecular formula is C26H24Cl2N4O5S. The summed E-state index contributed by atoms with van der Waals surface area (Å²) in [7, 11) is 0.